The van der Waals surface area contributed by atoms with Gasteiger partial charge in [0.15, 0.2) is 0 Å². The Bertz CT molecular complexity index is 154. The molecule has 0 atom stereocenters. The van der Waals surface area contributed by atoms with Gasteiger partial charge in [-0.25, -0.2) is 0 Å². The van der Waals surface area contributed by atoms with Crippen LogP contribution in [0.4, 0.5) is 0 Å². The van der Waals surface area contributed by atoms with Crippen molar-refractivity contribution in [3.8, 4) is 0 Å². The molecule has 0 N–H and O–H groups in total. The number of rotatable bonds is 0. The fourth-order valence-corrected chi connectivity index (χ4v) is 0.471. The average molecular weight is 198 g/mol. The molecule has 0 aliphatic carbocycles. The fraction of sp³-hybridized carbons (Fsp3) is 0.167. The van der Waals surface area contributed by atoms with E-state index in [9.17, 15) is 0 Å². The van der Waals surface area contributed by atoms with E-state index in [4.69, 9.17) is 34.8 Å². The molecule has 10 heavy (non-hydrogen) atoms. The Morgan fingerprint density at radius 1 is 1.40 bits per heavy atom. The first-order valence-electron chi connectivity index (χ1n) is 2.48. The van der Waals surface area contributed by atoms with Crippen molar-refractivity contribution in [2.45, 2.75) is 0 Å². The minimum atomic E-state index is 0.194. The molecule has 0 bridgehead atoms. The zero-order valence-corrected chi connectivity index (χ0v) is 7.37. The van der Waals surface area contributed by atoms with Gasteiger partial charge in [0.1, 0.15) is 0 Å². The molecule has 0 amide bonds. The summed E-state index contributed by atoms with van der Waals surface area (Å²) in [5, 5.41) is 0.877. The molecule has 1 heterocycles. The number of halogens is 3. The normalized spacial score (nSPS) is 7.90. The summed E-state index contributed by atoms with van der Waals surface area (Å²) >= 11 is 15.0. The van der Waals surface area contributed by atoms with Crippen molar-refractivity contribution < 1.29 is 0 Å². The Morgan fingerprint density at radius 2 is 2.00 bits per heavy atom. The van der Waals surface area contributed by atoms with Crippen LogP contribution in [-0.4, -0.2) is 10.3 Å². The van der Waals surface area contributed by atoms with E-state index >= 15 is 0 Å². The third-order valence-electron chi connectivity index (χ3n) is 0.625. The topological polar surface area (TPSA) is 12.9 Å². The van der Waals surface area contributed by atoms with Crippen molar-refractivity contribution in [3.05, 3.63) is 29.5 Å². The molecule has 0 aromatic carbocycles. The van der Waals surface area contributed by atoms with E-state index in [1.807, 2.05) is 0 Å². The molecule has 1 rings (SSSR count). The standard InChI is InChI=1S/C5H4ClN.CH2Cl2/c6-5-2-1-3-7-4-5;2-1-3/h1-4H;1H2. The zero-order chi connectivity index (χ0) is 7.82. The zero-order valence-electron chi connectivity index (χ0n) is 5.10. The molecule has 0 aliphatic rings. The minimum Gasteiger partial charge on any atom is -0.263 e. The van der Waals surface area contributed by atoms with Gasteiger partial charge in [-0.05, 0) is 12.1 Å². The highest BCUT2D eigenvalue weighted by Gasteiger charge is 1.76. The molecule has 0 saturated carbocycles. The second kappa shape index (κ2) is 7.13. The van der Waals surface area contributed by atoms with E-state index in [0.717, 1.165) is 0 Å². The monoisotopic (exact) mass is 197 g/mol. The molecule has 0 radical (unpaired) electrons. The summed E-state index contributed by atoms with van der Waals surface area (Å²) in [4.78, 5) is 3.75. The fourth-order valence-electron chi connectivity index (χ4n) is 0.342. The third-order valence-corrected chi connectivity index (χ3v) is 0.849. The van der Waals surface area contributed by atoms with Crippen molar-refractivity contribution in [1.29, 1.82) is 0 Å². The summed E-state index contributed by atoms with van der Waals surface area (Å²) in [5.41, 5.74) is 0. The molecule has 4 heteroatoms. The molecular weight excluding hydrogens is 192 g/mol. The molecule has 0 unspecified atom stereocenters. The summed E-state index contributed by atoms with van der Waals surface area (Å²) in [5.74, 6) is 0. The van der Waals surface area contributed by atoms with Crippen LogP contribution >= 0.6 is 34.8 Å². The van der Waals surface area contributed by atoms with Crippen LogP contribution in [-0.2, 0) is 0 Å². The maximum atomic E-state index is 5.48. The van der Waals surface area contributed by atoms with E-state index in [2.05, 4.69) is 4.98 Å². The summed E-state index contributed by atoms with van der Waals surface area (Å²) in [6.45, 7) is 0. The Morgan fingerprint density at radius 3 is 2.20 bits per heavy atom. The summed E-state index contributed by atoms with van der Waals surface area (Å²) in [6, 6.07) is 3.58. The summed E-state index contributed by atoms with van der Waals surface area (Å²) < 4.78 is 0. The Kier molecular flexibility index (Phi) is 7.15. The van der Waals surface area contributed by atoms with Gasteiger partial charge in [0.25, 0.3) is 0 Å². The molecule has 1 nitrogen and oxygen atoms in total. The Balaban J connectivity index is 0.000000236. The van der Waals surface area contributed by atoms with Crippen molar-refractivity contribution in [2.24, 2.45) is 0 Å². The van der Waals surface area contributed by atoms with Gasteiger partial charge >= 0.3 is 0 Å². The summed E-state index contributed by atoms with van der Waals surface area (Å²) in [6.07, 6.45) is 3.29. The van der Waals surface area contributed by atoms with Crippen LogP contribution in [0.3, 0.4) is 0 Å². The first kappa shape index (κ1) is 10.0. The maximum Gasteiger partial charge on any atom is 0.0967 e. The van der Waals surface area contributed by atoms with Gasteiger partial charge in [-0.2, -0.15) is 0 Å². The number of alkyl halides is 2. The second-order valence-electron chi connectivity index (χ2n) is 1.27. The number of pyridine rings is 1. The average Bonchev–Trinajstić information content (AvgIpc) is 1.91. The summed E-state index contributed by atoms with van der Waals surface area (Å²) in [7, 11) is 0. The molecule has 0 spiro atoms. The number of aromatic nitrogens is 1. The molecule has 0 saturated heterocycles. The van der Waals surface area contributed by atoms with Gasteiger partial charge in [-0.1, -0.05) is 11.6 Å². The van der Waals surface area contributed by atoms with Crippen LogP contribution in [0.5, 0.6) is 0 Å². The van der Waals surface area contributed by atoms with Gasteiger partial charge in [0.2, 0.25) is 0 Å². The van der Waals surface area contributed by atoms with Crippen LogP contribution in [0.1, 0.15) is 0 Å². The van der Waals surface area contributed by atoms with Gasteiger partial charge in [-0.15, -0.1) is 23.2 Å². The van der Waals surface area contributed by atoms with Crippen LogP contribution in [0.25, 0.3) is 0 Å². The molecule has 1 aromatic rings. The van der Waals surface area contributed by atoms with E-state index in [1.165, 1.54) is 0 Å². The first-order chi connectivity index (χ1) is 4.81. The molecule has 1 aromatic heterocycles. The molecule has 0 aliphatic heterocycles. The van der Waals surface area contributed by atoms with Gasteiger partial charge < -0.3 is 0 Å². The predicted octanol–water partition coefficient (Wildman–Crippen LogP) is 3.16. The molecule has 0 fully saturated rings. The lowest BCUT2D eigenvalue weighted by Gasteiger charge is -1.79. The van der Waals surface area contributed by atoms with Gasteiger partial charge in [-0.3, -0.25) is 4.98 Å². The number of hydrogen-bond donors (Lipinski definition) is 0. The van der Waals surface area contributed by atoms with Crippen molar-refractivity contribution in [2.75, 3.05) is 5.34 Å². The van der Waals surface area contributed by atoms with E-state index < -0.39 is 0 Å². The van der Waals surface area contributed by atoms with Crippen LogP contribution < -0.4 is 0 Å². The molecule has 56 valence electrons. The lowest BCUT2D eigenvalue weighted by Crippen LogP contribution is -1.64. The Hall–Kier alpha value is 0.0200. The lowest BCUT2D eigenvalue weighted by molar-refractivity contribution is 1.33. The highest BCUT2D eigenvalue weighted by Crippen LogP contribution is 2.00. The largest absolute Gasteiger partial charge is 0.263 e. The Labute approximate surface area is 74.9 Å². The van der Waals surface area contributed by atoms with E-state index in [-0.39, 0.29) is 5.34 Å². The van der Waals surface area contributed by atoms with E-state index in [0.29, 0.717) is 5.02 Å². The van der Waals surface area contributed by atoms with E-state index in [1.54, 1.807) is 24.5 Å². The van der Waals surface area contributed by atoms with Crippen molar-refractivity contribution >= 4 is 34.8 Å². The molecular formula is C6H6Cl3N. The first-order valence-corrected chi connectivity index (χ1v) is 3.93. The highest BCUT2D eigenvalue weighted by atomic mass is 35.5. The van der Waals surface area contributed by atoms with Gasteiger partial charge in [0, 0.05) is 12.4 Å². The number of nitrogens with zero attached hydrogens (tertiary/aromatic N) is 1. The quantitative estimate of drug-likeness (QED) is 0.584. The van der Waals surface area contributed by atoms with Crippen molar-refractivity contribution in [3.63, 3.8) is 0 Å². The SMILES string of the molecule is ClCCl.Clc1cccnc1. The van der Waals surface area contributed by atoms with Crippen LogP contribution in [0, 0.1) is 0 Å². The van der Waals surface area contributed by atoms with Crippen molar-refractivity contribution in [1.82, 2.24) is 4.98 Å². The predicted molar refractivity (Wildman–Crippen MR) is 45.8 cm³/mol. The van der Waals surface area contributed by atoms with Gasteiger partial charge in [0.05, 0.1) is 10.4 Å². The minimum absolute atomic E-state index is 0.194. The lowest BCUT2D eigenvalue weighted by atomic mass is 10.5. The second-order valence-corrected chi connectivity index (χ2v) is 2.52. The van der Waals surface area contributed by atoms with Crippen LogP contribution in [0.2, 0.25) is 5.02 Å². The number of hydrogen-bond acceptors (Lipinski definition) is 1. The third kappa shape index (κ3) is 6.14. The smallest absolute Gasteiger partial charge is 0.0967 e. The maximum absolute atomic E-state index is 5.48. The van der Waals surface area contributed by atoms with Crippen LogP contribution in [0.15, 0.2) is 24.5 Å². The highest BCUT2D eigenvalue weighted by molar-refractivity contribution is 6.40.